The van der Waals surface area contributed by atoms with E-state index in [2.05, 4.69) is 12.2 Å². The minimum atomic E-state index is -3.01. The number of unbranched alkanes of at least 4 members (excludes halogenated alkanes) is 9. The summed E-state index contributed by atoms with van der Waals surface area (Å²) < 4.78 is 33.9. The molecule has 3 aliphatic heterocycles. The lowest BCUT2D eigenvalue weighted by atomic mass is 9.88. The van der Waals surface area contributed by atoms with Gasteiger partial charge in [-0.1, -0.05) is 64.7 Å². The first kappa shape index (κ1) is 47.7. The number of ether oxygens (including phenoxy) is 6. The van der Waals surface area contributed by atoms with Gasteiger partial charge in [0.25, 0.3) is 5.79 Å². The standard InChI is InChI=1S/C35H63NO19/c1-3-4-5-6-7-8-9-10-11-12-13-50-32-27(46)26(45)29(22(17-39)52-32)53-33-28(47)31(25(44)21(16-38)51-33)55-35(34(48)49)14-19(41)23(36-18(2)40)30(54-35)24(43)20(42)15-37/h19-33,37-39,41-47H,3-17H2,1-2H3,(H,36,40)(H,48,49)/t19-,20+,21+,22+,23+,24+,25-,26+,27+,28+,29+,30+,31-,32-,33-,35-/m0/s1. The fraction of sp³-hybridized carbons (Fsp3) is 0.943. The van der Waals surface area contributed by atoms with Crippen molar-refractivity contribution in [1.29, 1.82) is 0 Å². The molecule has 3 rings (SSSR count). The molecule has 0 aliphatic carbocycles. The van der Waals surface area contributed by atoms with Gasteiger partial charge < -0.3 is 89.9 Å². The number of carboxylic acids is 1. The van der Waals surface area contributed by atoms with Gasteiger partial charge in [0, 0.05) is 20.0 Å². The number of carboxylic acid groups (broad SMARTS) is 1. The number of aliphatic carboxylic acids is 1. The van der Waals surface area contributed by atoms with Crippen LogP contribution in [-0.4, -0.2) is 192 Å². The number of hydrogen-bond donors (Lipinski definition) is 12. The first-order valence-corrected chi connectivity index (χ1v) is 19.2. The summed E-state index contributed by atoms with van der Waals surface area (Å²) in [5.41, 5.74) is 0. The van der Waals surface area contributed by atoms with Gasteiger partial charge in [-0.25, -0.2) is 4.79 Å². The van der Waals surface area contributed by atoms with Crippen LogP contribution in [0, 0.1) is 0 Å². The number of aliphatic hydroxyl groups is 10. The topological polar surface area (TPSA) is 324 Å². The molecule has 16 atom stereocenters. The van der Waals surface area contributed by atoms with E-state index in [-0.39, 0.29) is 6.61 Å². The summed E-state index contributed by atoms with van der Waals surface area (Å²) in [5.74, 6) is -5.70. The summed E-state index contributed by atoms with van der Waals surface area (Å²) in [5, 5.41) is 118. The van der Waals surface area contributed by atoms with Gasteiger partial charge >= 0.3 is 5.97 Å². The smallest absolute Gasteiger partial charge is 0.364 e. The van der Waals surface area contributed by atoms with E-state index >= 15 is 0 Å². The van der Waals surface area contributed by atoms with Crippen molar-refractivity contribution < 1.29 is 94.2 Å². The number of carbonyl (C=O) groups excluding carboxylic acids is 1. The molecule has 0 radical (unpaired) electrons. The van der Waals surface area contributed by atoms with Crippen LogP contribution in [0.3, 0.4) is 0 Å². The minimum absolute atomic E-state index is 0.193. The summed E-state index contributed by atoms with van der Waals surface area (Å²) in [6.07, 6.45) is -15.6. The fourth-order valence-electron chi connectivity index (χ4n) is 7.08. The molecule has 0 saturated carbocycles. The molecule has 55 heavy (non-hydrogen) atoms. The predicted molar refractivity (Wildman–Crippen MR) is 186 cm³/mol. The second kappa shape index (κ2) is 23.0. The van der Waals surface area contributed by atoms with Crippen LogP contribution in [0.25, 0.3) is 0 Å². The van der Waals surface area contributed by atoms with Crippen LogP contribution >= 0.6 is 0 Å². The van der Waals surface area contributed by atoms with E-state index < -0.39 is 136 Å². The number of aliphatic hydroxyl groups excluding tert-OH is 10. The van der Waals surface area contributed by atoms with Gasteiger partial charge in [-0.15, -0.1) is 0 Å². The molecule has 0 aromatic rings. The van der Waals surface area contributed by atoms with Crippen LogP contribution in [0.1, 0.15) is 84.5 Å². The van der Waals surface area contributed by atoms with Crippen molar-refractivity contribution in [3.8, 4) is 0 Å². The molecule has 3 fully saturated rings. The largest absolute Gasteiger partial charge is 0.477 e. The second-order valence-electron chi connectivity index (χ2n) is 14.5. The van der Waals surface area contributed by atoms with Crippen LogP contribution in [0.5, 0.6) is 0 Å². The molecule has 12 N–H and O–H groups in total. The maximum absolute atomic E-state index is 12.7. The van der Waals surface area contributed by atoms with Crippen LogP contribution in [0.4, 0.5) is 0 Å². The first-order chi connectivity index (χ1) is 26.2. The predicted octanol–water partition coefficient (Wildman–Crippen LogP) is -3.28. The van der Waals surface area contributed by atoms with Crippen molar-refractivity contribution in [3.05, 3.63) is 0 Å². The van der Waals surface area contributed by atoms with Crippen molar-refractivity contribution in [2.24, 2.45) is 0 Å². The first-order valence-electron chi connectivity index (χ1n) is 19.2. The lowest BCUT2D eigenvalue weighted by molar-refractivity contribution is -0.386. The fourth-order valence-corrected chi connectivity index (χ4v) is 7.08. The summed E-state index contributed by atoms with van der Waals surface area (Å²) in [6.45, 7) is 0.672. The molecule has 322 valence electrons. The molecule has 0 bridgehead atoms. The Kier molecular flexibility index (Phi) is 20.0. The van der Waals surface area contributed by atoms with Crippen LogP contribution < -0.4 is 5.32 Å². The Morgan fingerprint density at radius 1 is 0.782 bits per heavy atom. The van der Waals surface area contributed by atoms with Crippen molar-refractivity contribution in [2.75, 3.05) is 26.4 Å². The Labute approximate surface area is 319 Å². The highest BCUT2D eigenvalue weighted by molar-refractivity contribution is 5.76. The third-order valence-corrected chi connectivity index (χ3v) is 10.2. The monoisotopic (exact) mass is 801 g/mol. The molecule has 3 aliphatic rings. The highest BCUT2D eigenvalue weighted by Crippen LogP contribution is 2.38. The Hall–Kier alpha value is -1.70. The van der Waals surface area contributed by atoms with Crippen LogP contribution in [0.15, 0.2) is 0 Å². The average Bonchev–Trinajstić information content (AvgIpc) is 3.15. The highest BCUT2D eigenvalue weighted by atomic mass is 16.8. The molecule has 0 aromatic heterocycles. The normalized spacial score (nSPS) is 38.0. The summed E-state index contributed by atoms with van der Waals surface area (Å²) in [6, 6.07) is -1.53. The molecular formula is C35H63NO19. The average molecular weight is 802 g/mol. The van der Waals surface area contributed by atoms with Gasteiger partial charge in [-0.2, -0.15) is 0 Å². The van der Waals surface area contributed by atoms with E-state index in [9.17, 15) is 65.8 Å². The molecule has 0 spiro atoms. The van der Waals surface area contributed by atoms with E-state index in [1.54, 1.807) is 0 Å². The van der Waals surface area contributed by atoms with E-state index in [4.69, 9.17) is 28.4 Å². The molecule has 1 amide bonds. The minimum Gasteiger partial charge on any atom is -0.477 e. The van der Waals surface area contributed by atoms with Gasteiger partial charge in [0.15, 0.2) is 12.6 Å². The van der Waals surface area contributed by atoms with E-state index in [0.29, 0.717) is 6.42 Å². The maximum atomic E-state index is 12.7. The summed E-state index contributed by atoms with van der Waals surface area (Å²) >= 11 is 0. The zero-order valence-corrected chi connectivity index (χ0v) is 31.5. The number of rotatable bonds is 23. The van der Waals surface area contributed by atoms with Gasteiger partial charge in [-0.3, -0.25) is 4.79 Å². The number of nitrogens with one attached hydrogen (secondary N) is 1. The Morgan fingerprint density at radius 3 is 1.91 bits per heavy atom. The molecule has 20 nitrogen and oxygen atoms in total. The molecule has 0 aromatic carbocycles. The number of hydrogen-bond acceptors (Lipinski definition) is 18. The van der Waals surface area contributed by atoms with Gasteiger partial charge in [0.05, 0.1) is 32.0 Å². The maximum Gasteiger partial charge on any atom is 0.364 e. The Morgan fingerprint density at radius 2 is 1.36 bits per heavy atom. The Bertz CT molecular complexity index is 1140. The lowest BCUT2D eigenvalue weighted by Crippen LogP contribution is -2.70. The van der Waals surface area contributed by atoms with Crippen LogP contribution in [0.2, 0.25) is 0 Å². The molecule has 20 heteroatoms. The second-order valence-corrected chi connectivity index (χ2v) is 14.5. The SMILES string of the molecule is CCCCCCCCCCCCO[C@H]1O[C@H](CO)[C@@H](O[C@@H]2O[C@H](CO)[C@H](O)[C@H](O[C@]3(C(=O)O)C[C@H](O)[C@@H](NC(C)=O)[C@H]([C@H](O)[C@H](O)CO)O3)[C@H]2O)[C@H](O)[C@H]1O. The quantitative estimate of drug-likeness (QED) is 0.0451. The third-order valence-electron chi connectivity index (χ3n) is 10.2. The number of amides is 1. The lowest BCUT2D eigenvalue weighted by Gasteiger charge is -2.50. The summed E-state index contributed by atoms with van der Waals surface area (Å²) in [7, 11) is 0. The van der Waals surface area contributed by atoms with Gasteiger partial charge in [0.1, 0.15) is 67.1 Å². The van der Waals surface area contributed by atoms with E-state index in [1.807, 2.05) is 0 Å². The van der Waals surface area contributed by atoms with Crippen molar-refractivity contribution >= 4 is 11.9 Å². The molecule has 0 unspecified atom stereocenters. The third kappa shape index (κ3) is 12.6. The van der Waals surface area contributed by atoms with E-state index in [0.717, 1.165) is 32.6 Å². The van der Waals surface area contributed by atoms with Gasteiger partial charge in [-0.05, 0) is 6.42 Å². The number of carbonyl (C=O) groups is 2. The molecular weight excluding hydrogens is 738 g/mol. The van der Waals surface area contributed by atoms with Crippen molar-refractivity contribution in [3.63, 3.8) is 0 Å². The zero-order chi connectivity index (χ0) is 40.9. The highest BCUT2D eigenvalue weighted by Gasteiger charge is 2.60. The van der Waals surface area contributed by atoms with Crippen molar-refractivity contribution in [2.45, 2.75) is 182 Å². The Balaban J connectivity index is 1.70. The summed E-state index contributed by atoms with van der Waals surface area (Å²) in [4.78, 5) is 24.6. The van der Waals surface area contributed by atoms with Crippen molar-refractivity contribution in [1.82, 2.24) is 5.32 Å². The molecule has 3 saturated heterocycles. The van der Waals surface area contributed by atoms with E-state index in [1.165, 1.54) is 32.1 Å². The van der Waals surface area contributed by atoms with Crippen LogP contribution in [-0.2, 0) is 38.0 Å². The van der Waals surface area contributed by atoms with Gasteiger partial charge in [0.2, 0.25) is 5.91 Å². The zero-order valence-electron chi connectivity index (χ0n) is 31.5. The molecule has 3 heterocycles.